The maximum Gasteiger partial charge on any atom is 0.338 e. The monoisotopic (exact) mass is 485 g/mol. The summed E-state index contributed by atoms with van der Waals surface area (Å²) in [6.45, 7) is 3.42. The second-order valence-corrected chi connectivity index (χ2v) is 9.41. The summed E-state index contributed by atoms with van der Waals surface area (Å²) in [6, 6.07) is 6.16. The maximum atomic E-state index is 12.8. The lowest BCUT2D eigenvalue weighted by Crippen LogP contribution is -2.63. The molecule has 3 heterocycles. The van der Waals surface area contributed by atoms with E-state index < -0.39 is 17.6 Å². The zero-order valence-electron chi connectivity index (χ0n) is 20.5. The minimum atomic E-state index is -0.653. The fourth-order valence-electron chi connectivity index (χ4n) is 5.49. The lowest BCUT2D eigenvalue weighted by atomic mass is 9.83. The largest absolute Gasteiger partial charge is 0.497 e. The van der Waals surface area contributed by atoms with E-state index >= 15 is 0 Å². The van der Waals surface area contributed by atoms with Crippen molar-refractivity contribution in [1.29, 1.82) is 0 Å². The molecular formula is C25H35N5O5. The second-order valence-electron chi connectivity index (χ2n) is 9.41. The summed E-state index contributed by atoms with van der Waals surface area (Å²) in [5, 5.41) is 5.66. The van der Waals surface area contributed by atoms with Crippen molar-refractivity contribution < 1.29 is 23.9 Å². The number of ether oxygens (including phenoxy) is 2. The molecule has 0 unspecified atom stereocenters. The number of likely N-dealkylation sites (tertiary alicyclic amines) is 2. The lowest BCUT2D eigenvalue weighted by molar-refractivity contribution is -0.136. The molecule has 0 radical (unpaired) electrons. The van der Waals surface area contributed by atoms with Crippen molar-refractivity contribution in [3.8, 4) is 5.75 Å². The van der Waals surface area contributed by atoms with Gasteiger partial charge >= 0.3 is 12.0 Å². The summed E-state index contributed by atoms with van der Waals surface area (Å²) in [6.07, 6.45) is 4.60. The van der Waals surface area contributed by atoms with Crippen LogP contribution in [0.15, 0.2) is 35.5 Å². The third kappa shape index (κ3) is 5.13. The quantitative estimate of drug-likeness (QED) is 0.497. The Kier molecular flexibility index (Phi) is 7.61. The van der Waals surface area contributed by atoms with E-state index in [1.807, 2.05) is 12.1 Å². The molecule has 2 fully saturated rings. The van der Waals surface area contributed by atoms with Crippen LogP contribution in [0.4, 0.5) is 4.79 Å². The number of primary amides is 1. The van der Waals surface area contributed by atoms with Crippen molar-refractivity contribution in [2.24, 2.45) is 5.73 Å². The number of hydrogen-bond acceptors (Lipinski definition) is 7. The minimum Gasteiger partial charge on any atom is -0.497 e. The molecule has 3 aliphatic rings. The fourth-order valence-corrected chi connectivity index (χ4v) is 5.49. The number of rotatable bonds is 7. The highest BCUT2D eigenvalue weighted by atomic mass is 16.5. The maximum absolute atomic E-state index is 12.8. The van der Waals surface area contributed by atoms with Crippen LogP contribution in [-0.2, 0) is 14.3 Å². The molecule has 0 saturated carbocycles. The predicted molar refractivity (Wildman–Crippen MR) is 129 cm³/mol. The van der Waals surface area contributed by atoms with Gasteiger partial charge in [-0.25, -0.2) is 9.59 Å². The van der Waals surface area contributed by atoms with Gasteiger partial charge in [0, 0.05) is 25.3 Å². The highest BCUT2D eigenvalue weighted by molar-refractivity contribution is 5.95. The number of carbonyl (C=O) groups is 3. The number of carbonyl (C=O) groups excluding carboxylic acids is 3. The summed E-state index contributed by atoms with van der Waals surface area (Å²) in [5.74, 6) is -0.0915. The first-order chi connectivity index (χ1) is 16.9. The van der Waals surface area contributed by atoms with Gasteiger partial charge in [-0.05, 0) is 56.5 Å². The Morgan fingerprint density at radius 3 is 2.29 bits per heavy atom. The summed E-state index contributed by atoms with van der Waals surface area (Å²) < 4.78 is 10.3. The molecular weight excluding hydrogens is 450 g/mol. The molecule has 0 aliphatic carbocycles. The Bertz CT molecular complexity index is 978. The Morgan fingerprint density at radius 1 is 1.06 bits per heavy atom. The van der Waals surface area contributed by atoms with Gasteiger partial charge < -0.3 is 25.8 Å². The Labute approximate surface area is 205 Å². The van der Waals surface area contributed by atoms with Gasteiger partial charge in [-0.1, -0.05) is 18.6 Å². The molecule has 10 nitrogen and oxygen atoms in total. The SMILES string of the molecule is COC(=O)C1=C(CN2CCC(C(N)=O)(N3CCCCC3)CC2)NC(=O)N[C@@H]1c1ccc(OC)cc1. The van der Waals surface area contributed by atoms with Gasteiger partial charge in [-0.3, -0.25) is 14.6 Å². The van der Waals surface area contributed by atoms with E-state index in [2.05, 4.69) is 20.4 Å². The molecule has 1 aromatic rings. The number of nitrogens with two attached hydrogens (primary N) is 1. The Morgan fingerprint density at radius 2 is 1.71 bits per heavy atom. The van der Waals surface area contributed by atoms with Crippen LogP contribution in [-0.4, -0.2) is 80.2 Å². The van der Waals surface area contributed by atoms with Crippen molar-refractivity contribution in [3.05, 3.63) is 41.1 Å². The number of esters is 1. The van der Waals surface area contributed by atoms with E-state index in [1.54, 1.807) is 19.2 Å². The number of nitrogens with one attached hydrogen (secondary N) is 2. The van der Waals surface area contributed by atoms with E-state index in [9.17, 15) is 14.4 Å². The molecule has 1 atom stereocenters. The van der Waals surface area contributed by atoms with E-state index in [4.69, 9.17) is 15.2 Å². The lowest BCUT2D eigenvalue weighted by Gasteiger charge is -2.48. The van der Waals surface area contributed by atoms with Gasteiger partial charge in [0.2, 0.25) is 5.91 Å². The van der Waals surface area contributed by atoms with Crippen molar-refractivity contribution >= 4 is 17.9 Å². The van der Waals surface area contributed by atoms with Crippen LogP contribution in [0, 0.1) is 0 Å². The molecule has 0 bridgehead atoms. The molecule has 0 aromatic heterocycles. The number of piperidine rings is 2. The predicted octanol–water partition coefficient (Wildman–Crippen LogP) is 1.28. The standard InChI is InChI=1S/C25H35N5O5/c1-34-18-8-6-17(7-9-18)21-20(22(31)35-2)19(27-24(33)28-21)16-29-14-10-25(11-15-29,23(26)32)30-12-4-3-5-13-30/h6-9,21H,3-5,10-16H2,1-2H3,(H2,26,32)(H2,27,28,33)/t21-/m1/s1. The fraction of sp³-hybridized carbons (Fsp3) is 0.560. The van der Waals surface area contributed by atoms with Crippen LogP contribution in [0.2, 0.25) is 0 Å². The van der Waals surface area contributed by atoms with E-state index in [-0.39, 0.29) is 11.9 Å². The summed E-state index contributed by atoms with van der Waals surface area (Å²) in [5.41, 5.74) is 6.91. The average Bonchev–Trinajstić information content (AvgIpc) is 2.89. The molecule has 2 saturated heterocycles. The van der Waals surface area contributed by atoms with Gasteiger partial charge in [0.1, 0.15) is 11.3 Å². The number of urea groups is 1. The zero-order chi connectivity index (χ0) is 25.0. The van der Waals surface area contributed by atoms with Gasteiger partial charge in [0.15, 0.2) is 0 Å². The van der Waals surface area contributed by atoms with Crippen molar-refractivity contribution in [3.63, 3.8) is 0 Å². The molecule has 4 rings (SSSR count). The molecule has 4 N–H and O–H groups in total. The number of nitrogens with zero attached hydrogens (tertiary/aromatic N) is 2. The van der Waals surface area contributed by atoms with E-state index in [1.165, 1.54) is 13.5 Å². The normalized spacial score (nSPS) is 23.3. The zero-order valence-corrected chi connectivity index (χ0v) is 20.5. The topological polar surface area (TPSA) is 126 Å². The highest BCUT2D eigenvalue weighted by Gasteiger charge is 2.45. The van der Waals surface area contributed by atoms with Crippen LogP contribution in [0.3, 0.4) is 0 Å². The Hall–Kier alpha value is -3.11. The molecule has 3 aliphatic heterocycles. The summed E-state index contributed by atoms with van der Waals surface area (Å²) >= 11 is 0. The van der Waals surface area contributed by atoms with E-state index in [0.29, 0.717) is 49.5 Å². The van der Waals surface area contributed by atoms with Crippen molar-refractivity contribution in [2.45, 2.75) is 43.7 Å². The third-order valence-corrected chi connectivity index (χ3v) is 7.49. The van der Waals surface area contributed by atoms with E-state index in [0.717, 1.165) is 31.5 Å². The van der Waals surface area contributed by atoms with Crippen molar-refractivity contribution in [2.75, 3.05) is 46.9 Å². The highest BCUT2D eigenvalue weighted by Crippen LogP contribution is 2.33. The van der Waals surface area contributed by atoms with Crippen LogP contribution >= 0.6 is 0 Å². The average molecular weight is 486 g/mol. The minimum absolute atomic E-state index is 0.261. The number of benzene rings is 1. The molecule has 0 spiro atoms. The van der Waals surface area contributed by atoms with Gasteiger partial charge in [0.05, 0.1) is 25.8 Å². The number of methoxy groups -OCH3 is 2. The second kappa shape index (κ2) is 10.7. The van der Waals surface area contributed by atoms with Gasteiger partial charge in [0.25, 0.3) is 0 Å². The molecule has 10 heteroatoms. The van der Waals surface area contributed by atoms with Crippen LogP contribution in [0.25, 0.3) is 0 Å². The molecule has 1 aromatic carbocycles. The first kappa shape index (κ1) is 25.0. The molecule has 3 amide bonds. The molecule has 190 valence electrons. The van der Waals surface area contributed by atoms with Crippen LogP contribution in [0.1, 0.15) is 43.7 Å². The van der Waals surface area contributed by atoms with Crippen LogP contribution < -0.4 is 21.1 Å². The first-order valence-corrected chi connectivity index (χ1v) is 12.2. The summed E-state index contributed by atoms with van der Waals surface area (Å²) in [4.78, 5) is 42.4. The first-order valence-electron chi connectivity index (χ1n) is 12.2. The number of amides is 3. The third-order valence-electron chi connectivity index (χ3n) is 7.49. The van der Waals surface area contributed by atoms with Gasteiger partial charge in [-0.2, -0.15) is 0 Å². The molecule has 35 heavy (non-hydrogen) atoms. The number of hydrogen-bond donors (Lipinski definition) is 3. The smallest absolute Gasteiger partial charge is 0.338 e. The van der Waals surface area contributed by atoms with Crippen molar-refractivity contribution in [1.82, 2.24) is 20.4 Å². The summed E-state index contributed by atoms with van der Waals surface area (Å²) in [7, 11) is 2.91. The van der Waals surface area contributed by atoms with Crippen LogP contribution in [0.5, 0.6) is 5.75 Å². The Balaban J connectivity index is 1.56. The van der Waals surface area contributed by atoms with Gasteiger partial charge in [-0.15, -0.1) is 0 Å².